The van der Waals surface area contributed by atoms with Gasteiger partial charge in [-0.25, -0.2) is 0 Å². The Labute approximate surface area is 245 Å². The molecule has 1 heterocycles. The number of amides is 2. The first-order valence-electron chi connectivity index (χ1n) is 13.5. The van der Waals surface area contributed by atoms with Gasteiger partial charge in [0.1, 0.15) is 5.75 Å². The molecule has 8 heteroatoms. The maximum atomic E-state index is 13.0. The van der Waals surface area contributed by atoms with E-state index in [0.29, 0.717) is 18.8 Å². The molecule has 2 amide bonds. The molecule has 0 atom stereocenters. The van der Waals surface area contributed by atoms with Gasteiger partial charge >= 0.3 is 0 Å². The van der Waals surface area contributed by atoms with Gasteiger partial charge in [0.25, 0.3) is 11.8 Å². The van der Waals surface area contributed by atoms with Crippen molar-refractivity contribution >= 4 is 35.1 Å². The molecule has 210 valence electrons. The largest absolute Gasteiger partial charge is 0.496 e. The third kappa shape index (κ3) is 6.49. The summed E-state index contributed by atoms with van der Waals surface area (Å²) in [6.45, 7) is 4.01. The summed E-state index contributed by atoms with van der Waals surface area (Å²) >= 11 is 1.47. The molecule has 1 fully saturated rings. The van der Waals surface area contributed by atoms with Crippen molar-refractivity contribution in [3.05, 3.63) is 108 Å². The molecule has 0 unspecified atom stereocenters. The highest BCUT2D eigenvalue weighted by atomic mass is 32.2. The van der Waals surface area contributed by atoms with Crippen LogP contribution < -0.4 is 14.4 Å². The van der Waals surface area contributed by atoms with Gasteiger partial charge in [0.2, 0.25) is 0 Å². The summed E-state index contributed by atoms with van der Waals surface area (Å²) in [5.74, 6) is 0.787. The maximum Gasteiger partial charge on any atom is 0.255 e. The summed E-state index contributed by atoms with van der Waals surface area (Å²) in [6.07, 6.45) is 0. The molecule has 5 rings (SSSR count). The minimum Gasteiger partial charge on any atom is -0.496 e. The van der Waals surface area contributed by atoms with E-state index in [0.717, 1.165) is 50.8 Å². The monoisotopic (exact) mass is 566 g/mol. The number of anilines is 2. The highest BCUT2D eigenvalue weighted by Gasteiger charge is 2.25. The lowest BCUT2D eigenvalue weighted by molar-refractivity contribution is 0.0792. The van der Waals surface area contributed by atoms with Crippen LogP contribution in [0.1, 0.15) is 26.3 Å². The summed E-state index contributed by atoms with van der Waals surface area (Å²) in [7, 11) is 5.17. The summed E-state index contributed by atoms with van der Waals surface area (Å²) in [6, 6.07) is 29.6. The second-order valence-corrected chi connectivity index (χ2v) is 11.1. The molecular formula is C33H34N4O3S. The van der Waals surface area contributed by atoms with Crippen molar-refractivity contribution in [1.82, 2.24) is 9.80 Å². The molecule has 0 radical (unpaired) electrons. The zero-order valence-electron chi connectivity index (χ0n) is 23.8. The van der Waals surface area contributed by atoms with E-state index < -0.39 is 0 Å². The van der Waals surface area contributed by atoms with Crippen molar-refractivity contribution in [2.45, 2.75) is 11.8 Å². The van der Waals surface area contributed by atoms with Gasteiger partial charge in [0.05, 0.1) is 18.7 Å². The van der Waals surface area contributed by atoms with E-state index in [1.54, 1.807) is 26.1 Å². The quantitative estimate of drug-likeness (QED) is 0.249. The Bertz CT molecular complexity index is 1570. The normalized spacial score (nSPS) is 12.8. The van der Waals surface area contributed by atoms with E-state index in [-0.39, 0.29) is 11.8 Å². The van der Waals surface area contributed by atoms with E-state index in [1.165, 1.54) is 11.9 Å². The Morgan fingerprint density at radius 2 is 1.61 bits per heavy atom. The van der Waals surface area contributed by atoms with Crippen LogP contribution in [0.4, 0.5) is 11.4 Å². The van der Waals surface area contributed by atoms with Crippen LogP contribution in [0.15, 0.2) is 95.9 Å². The Morgan fingerprint density at radius 3 is 2.39 bits per heavy atom. The molecule has 4 aromatic rings. The number of benzene rings is 4. The molecule has 0 aromatic heterocycles. The average molecular weight is 567 g/mol. The van der Waals surface area contributed by atoms with Gasteiger partial charge in [0, 0.05) is 49.7 Å². The van der Waals surface area contributed by atoms with Gasteiger partial charge in [-0.2, -0.15) is 0 Å². The van der Waals surface area contributed by atoms with E-state index in [4.69, 9.17) is 4.74 Å². The second-order valence-electron chi connectivity index (χ2n) is 10.2. The molecule has 1 saturated heterocycles. The van der Waals surface area contributed by atoms with Gasteiger partial charge in [-0.15, -0.1) is 0 Å². The molecule has 7 nitrogen and oxygen atoms in total. The van der Waals surface area contributed by atoms with E-state index in [9.17, 15) is 9.59 Å². The summed E-state index contributed by atoms with van der Waals surface area (Å²) in [5.41, 5.74) is 6.41. The van der Waals surface area contributed by atoms with Crippen molar-refractivity contribution in [2.24, 2.45) is 0 Å². The lowest BCUT2D eigenvalue weighted by Gasteiger charge is -2.21. The first kappa shape index (κ1) is 28.1. The number of hydrogen-bond acceptors (Lipinski definition) is 6. The highest BCUT2D eigenvalue weighted by molar-refractivity contribution is 8.00. The summed E-state index contributed by atoms with van der Waals surface area (Å²) in [5, 5.41) is 0. The molecule has 0 aliphatic carbocycles. The Balaban J connectivity index is 1.28. The van der Waals surface area contributed by atoms with Gasteiger partial charge in [0.15, 0.2) is 0 Å². The van der Waals surface area contributed by atoms with Crippen LogP contribution >= 0.6 is 11.9 Å². The summed E-state index contributed by atoms with van der Waals surface area (Å²) < 4.78 is 9.09. The van der Waals surface area contributed by atoms with Gasteiger partial charge in [-0.1, -0.05) is 42.0 Å². The highest BCUT2D eigenvalue weighted by Crippen LogP contribution is 2.35. The van der Waals surface area contributed by atoms with Crippen LogP contribution in [0.25, 0.3) is 11.1 Å². The van der Waals surface area contributed by atoms with E-state index in [2.05, 4.69) is 27.8 Å². The van der Waals surface area contributed by atoms with Crippen molar-refractivity contribution in [1.29, 1.82) is 0 Å². The SMILES string of the molecule is COc1ccc(-c2cccc(C(=O)N(C)C)c2)cc1SNc1cccc(N2CCN(C(=O)c3cccc(C)c3)C2)c1. The fourth-order valence-electron chi connectivity index (χ4n) is 4.83. The number of hydrogen-bond donors (Lipinski definition) is 1. The first-order chi connectivity index (χ1) is 19.8. The fraction of sp³-hybridized carbons (Fsp3) is 0.212. The average Bonchev–Trinajstić information content (AvgIpc) is 3.50. The smallest absolute Gasteiger partial charge is 0.255 e. The second kappa shape index (κ2) is 12.4. The van der Waals surface area contributed by atoms with Crippen LogP contribution in [0.3, 0.4) is 0 Å². The Hall–Kier alpha value is -4.43. The zero-order chi connectivity index (χ0) is 28.9. The van der Waals surface area contributed by atoms with E-state index in [1.807, 2.05) is 84.6 Å². The summed E-state index contributed by atoms with van der Waals surface area (Å²) in [4.78, 5) is 32.1. The number of aryl methyl sites for hydroxylation is 1. The van der Waals surface area contributed by atoms with Crippen molar-refractivity contribution in [3.8, 4) is 16.9 Å². The number of nitrogens with one attached hydrogen (secondary N) is 1. The van der Waals surface area contributed by atoms with E-state index >= 15 is 0 Å². The molecule has 0 bridgehead atoms. The topological polar surface area (TPSA) is 65.1 Å². The molecule has 1 aliphatic heterocycles. The Morgan fingerprint density at radius 1 is 0.854 bits per heavy atom. The van der Waals surface area contributed by atoms with Crippen LogP contribution in [-0.2, 0) is 0 Å². The molecule has 1 N–H and O–H groups in total. The van der Waals surface area contributed by atoms with Crippen LogP contribution in [0.5, 0.6) is 5.75 Å². The van der Waals surface area contributed by atoms with Crippen LogP contribution in [0.2, 0.25) is 0 Å². The maximum absolute atomic E-state index is 13.0. The predicted molar refractivity (Wildman–Crippen MR) is 167 cm³/mol. The molecule has 0 spiro atoms. The first-order valence-corrected chi connectivity index (χ1v) is 14.3. The lowest BCUT2D eigenvalue weighted by Crippen LogP contribution is -2.31. The number of carbonyl (C=O) groups excluding carboxylic acids is 2. The number of rotatable bonds is 8. The third-order valence-corrected chi connectivity index (χ3v) is 7.91. The minimum absolute atomic E-state index is 0.0304. The number of methoxy groups -OCH3 is 1. The van der Waals surface area contributed by atoms with Crippen LogP contribution in [0, 0.1) is 6.92 Å². The molecule has 0 saturated carbocycles. The minimum atomic E-state index is -0.0304. The predicted octanol–water partition coefficient (Wildman–Crippen LogP) is 6.41. The third-order valence-electron chi connectivity index (χ3n) is 7.04. The van der Waals surface area contributed by atoms with Gasteiger partial charge in [-0.05, 0) is 84.6 Å². The standard InChI is InChI=1S/C33H34N4O3S/c1-23-8-5-10-26(18-23)33(39)37-17-16-36(22-37)29-13-7-12-28(21-29)34-41-31-20-25(14-15-30(31)40-4)24-9-6-11-27(19-24)32(38)35(2)3/h5-15,18-21,34H,16-17,22H2,1-4H3. The van der Waals surface area contributed by atoms with Crippen molar-refractivity contribution in [3.63, 3.8) is 0 Å². The number of carbonyl (C=O) groups is 2. The Kier molecular flexibility index (Phi) is 8.50. The molecule has 41 heavy (non-hydrogen) atoms. The molecular weight excluding hydrogens is 532 g/mol. The van der Waals surface area contributed by atoms with Crippen molar-refractivity contribution < 1.29 is 14.3 Å². The molecule has 1 aliphatic rings. The van der Waals surface area contributed by atoms with Crippen LogP contribution in [-0.4, -0.2) is 62.6 Å². The fourth-order valence-corrected chi connectivity index (χ4v) is 5.62. The zero-order valence-corrected chi connectivity index (χ0v) is 24.6. The van der Waals surface area contributed by atoms with Gasteiger partial charge < -0.3 is 24.2 Å². The molecule has 4 aromatic carbocycles. The van der Waals surface area contributed by atoms with Crippen molar-refractivity contribution in [2.75, 3.05) is 50.6 Å². The lowest BCUT2D eigenvalue weighted by atomic mass is 10.0. The van der Waals surface area contributed by atoms with Gasteiger partial charge in [-0.3, -0.25) is 9.59 Å². The number of ether oxygens (including phenoxy) is 1. The number of nitrogens with zero attached hydrogens (tertiary/aromatic N) is 3.